The lowest BCUT2D eigenvalue weighted by Gasteiger charge is -2.49. The van der Waals surface area contributed by atoms with Gasteiger partial charge in [0.1, 0.15) is 35.2 Å². The van der Waals surface area contributed by atoms with Gasteiger partial charge in [0.2, 0.25) is 5.91 Å². The van der Waals surface area contributed by atoms with Crippen LogP contribution in [0.2, 0.25) is 0 Å². The molecule has 2 atom stereocenters. The van der Waals surface area contributed by atoms with Crippen LogP contribution in [0.3, 0.4) is 0 Å². The summed E-state index contributed by atoms with van der Waals surface area (Å²) in [5.41, 5.74) is 0.905. The van der Waals surface area contributed by atoms with Gasteiger partial charge in [-0.15, -0.1) is 11.8 Å². The van der Waals surface area contributed by atoms with E-state index in [-0.39, 0.29) is 30.4 Å². The number of carbonyl (C=O) groups excluding carboxylic acids is 3. The van der Waals surface area contributed by atoms with E-state index in [0.717, 1.165) is 10.5 Å². The average Bonchev–Trinajstić information content (AvgIpc) is 2.82. The Labute approximate surface area is 199 Å². The number of carbonyl (C=O) groups is 4. The van der Waals surface area contributed by atoms with Crippen LogP contribution < -0.4 is 10.1 Å². The van der Waals surface area contributed by atoms with Crippen molar-refractivity contribution in [3.63, 3.8) is 0 Å². The monoisotopic (exact) mass is 482 g/mol. The molecule has 0 radical (unpaired) electrons. The zero-order valence-electron chi connectivity index (χ0n) is 18.2. The van der Waals surface area contributed by atoms with Crippen LogP contribution in [0.15, 0.2) is 65.9 Å². The zero-order valence-corrected chi connectivity index (χ0v) is 19.0. The molecule has 2 amide bonds. The van der Waals surface area contributed by atoms with Gasteiger partial charge in [-0.25, -0.2) is 4.79 Å². The number of aliphatic carboxylic acids is 1. The summed E-state index contributed by atoms with van der Waals surface area (Å²) >= 11 is 1.32. The molecule has 0 spiro atoms. The maximum Gasteiger partial charge on any atom is 0.352 e. The predicted molar refractivity (Wildman–Crippen MR) is 123 cm³/mol. The highest BCUT2D eigenvalue weighted by Gasteiger charge is 2.54. The van der Waals surface area contributed by atoms with Crippen molar-refractivity contribution in [2.75, 3.05) is 12.4 Å². The summed E-state index contributed by atoms with van der Waals surface area (Å²) in [6, 6.07) is 15.6. The Bertz CT molecular complexity index is 1150. The number of para-hydroxylation sites is 1. The largest absolute Gasteiger partial charge is 0.477 e. The van der Waals surface area contributed by atoms with E-state index >= 15 is 0 Å². The van der Waals surface area contributed by atoms with Crippen LogP contribution in [0.1, 0.15) is 12.5 Å². The van der Waals surface area contributed by atoms with Gasteiger partial charge in [0.15, 0.2) is 0 Å². The fourth-order valence-corrected chi connectivity index (χ4v) is 5.02. The van der Waals surface area contributed by atoms with Crippen LogP contribution in [-0.4, -0.2) is 57.5 Å². The summed E-state index contributed by atoms with van der Waals surface area (Å²) in [5.74, 6) is -1.05. The molecular weight excluding hydrogens is 460 g/mol. The van der Waals surface area contributed by atoms with Crippen LogP contribution in [0, 0.1) is 0 Å². The lowest BCUT2D eigenvalue weighted by molar-refractivity contribution is -0.151. The predicted octanol–water partition coefficient (Wildman–Crippen LogP) is 2.32. The second kappa shape index (κ2) is 10.0. The number of benzene rings is 2. The van der Waals surface area contributed by atoms with E-state index in [2.05, 4.69) is 5.32 Å². The third kappa shape index (κ3) is 5.07. The molecule has 1 fully saturated rings. The van der Waals surface area contributed by atoms with Crippen LogP contribution >= 0.6 is 11.8 Å². The molecule has 0 unspecified atom stereocenters. The highest BCUT2D eigenvalue weighted by Crippen LogP contribution is 2.40. The van der Waals surface area contributed by atoms with Crippen molar-refractivity contribution in [2.45, 2.75) is 24.8 Å². The van der Waals surface area contributed by atoms with E-state index in [9.17, 15) is 24.3 Å². The van der Waals surface area contributed by atoms with Crippen molar-refractivity contribution in [3.8, 4) is 11.5 Å². The zero-order chi connectivity index (χ0) is 24.2. The second-order valence-electron chi connectivity index (χ2n) is 7.73. The third-order valence-corrected chi connectivity index (χ3v) is 6.62. The van der Waals surface area contributed by atoms with Crippen LogP contribution in [-0.2, 0) is 30.3 Å². The Balaban J connectivity index is 1.35. The standard InChI is InChI=1S/C24H22N2O7S/c1-14(27)32-12-16-13-34-23-20(22(29)26(23)21(16)24(30)31)25-19(28)11-15-7-9-18(10-8-15)33-17-5-3-2-4-6-17/h2-10,20,23H,11-13H2,1H3,(H,25,28)(H,30,31)/t20-,23-/m1/s1. The molecule has 9 nitrogen and oxygen atoms in total. The van der Waals surface area contributed by atoms with Crippen molar-refractivity contribution in [2.24, 2.45) is 0 Å². The summed E-state index contributed by atoms with van der Waals surface area (Å²) < 4.78 is 10.7. The van der Waals surface area contributed by atoms with E-state index in [0.29, 0.717) is 17.1 Å². The molecule has 1 saturated heterocycles. The molecular formula is C24H22N2O7S. The first-order valence-electron chi connectivity index (χ1n) is 10.5. The number of amides is 2. The minimum atomic E-state index is -1.27. The lowest BCUT2D eigenvalue weighted by Crippen LogP contribution is -2.70. The first-order chi connectivity index (χ1) is 16.3. The summed E-state index contributed by atoms with van der Waals surface area (Å²) in [6.07, 6.45) is 0.0616. The van der Waals surface area contributed by atoms with E-state index in [1.54, 1.807) is 24.3 Å². The number of hydrogen-bond donors (Lipinski definition) is 2. The first kappa shape index (κ1) is 23.4. The van der Waals surface area contributed by atoms with Crippen molar-refractivity contribution in [1.29, 1.82) is 0 Å². The third-order valence-electron chi connectivity index (χ3n) is 5.28. The Morgan fingerprint density at radius 2 is 1.76 bits per heavy atom. The molecule has 176 valence electrons. The number of fused-ring (bicyclic) bond motifs is 1. The number of nitrogens with zero attached hydrogens (tertiary/aromatic N) is 1. The number of rotatable bonds is 8. The van der Waals surface area contributed by atoms with Crippen LogP contribution in [0.25, 0.3) is 0 Å². The van der Waals surface area contributed by atoms with Crippen molar-refractivity contribution in [1.82, 2.24) is 10.2 Å². The summed E-state index contributed by atoms with van der Waals surface area (Å²) in [7, 11) is 0. The van der Waals surface area contributed by atoms with Crippen LogP contribution in [0.4, 0.5) is 0 Å². The molecule has 2 aliphatic rings. The van der Waals surface area contributed by atoms with Gasteiger partial charge in [-0.1, -0.05) is 30.3 Å². The Morgan fingerprint density at radius 1 is 1.09 bits per heavy atom. The molecule has 0 saturated carbocycles. The van der Waals surface area contributed by atoms with Crippen molar-refractivity contribution in [3.05, 3.63) is 71.4 Å². The van der Waals surface area contributed by atoms with E-state index in [1.807, 2.05) is 30.3 Å². The molecule has 10 heteroatoms. The quantitative estimate of drug-likeness (QED) is 0.434. The van der Waals surface area contributed by atoms with Crippen molar-refractivity contribution >= 4 is 35.5 Å². The number of carboxylic acids is 1. The number of esters is 1. The Hall–Kier alpha value is -3.79. The Kier molecular flexibility index (Phi) is 6.87. The molecule has 0 bridgehead atoms. The maximum atomic E-state index is 12.7. The first-order valence-corrected chi connectivity index (χ1v) is 11.5. The van der Waals surface area contributed by atoms with Gasteiger partial charge in [-0.2, -0.15) is 0 Å². The maximum absolute atomic E-state index is 12.7. The van der Waals surface area contributed by atoms with Crippen molar-refractivity contribution < 1.29 is 33.8 Å². The minimum absolute atomic E-state index is 0.0616. The number of hydrogen-bond acceptors (Lipinski definition) is 7. The van der Waals surface area contributed by atoms with E-state index < -0.39 is 29.3 Å². The molecule has 2 heterocycles. The smallest absolute Gasteiger partial charge is 0.352 e. The fourth-order valence-electron chi connectivity index (χ4n) is 3.69. The van der Waals surface area contributed by atoms with E-state index in [1.165, 1.54) is 18.7 Å². The summed E-state index contributed by atoms with van der Waals surface area (Å²) in [5, 5.41) is 11.8. The molecule has 2 aromatic rings. The van der Waals surface area contributed by atoms with Crippen LogP contribution in [0.5, 0.6) is 11.5 Å². The number of β-lactam (4-membered cyclic amide) rings is 1. The molecule has 2 aliphatic heterocycles. The number of thioether (sulfide) groups is 1. The average molecular weight is 483 g/mol. The number of carboxylic acid groups (broad SMARTS) is 1. The van der Waals surface area contributed by atoms with E-state index in [4.69, 9.17) is 9.47 Å². The van der Waals surface area contributed by atoms with Gasteiger partial charge >= 0.3 is 11.9 Å². The van der Waals surface area contributed by atoms with Gasteiger partial charge < -0.3 is 19.9 Å². The fraction of sp³-hybridized carbons (Fsp3) is 0.250. The van der Waals surface area contributed by atoms with Gasteiger partial charge in [0.05, 0.1) is 6.42 Å². The Morgan fingerprint density at radius 3 is 2.41 bits per heavy atom. The highest BCUT2D eigenvalue weighted by atomic mass is 32.2. The molecule has 0 aromatic heterocycles. The molecule has 34 heavy (non-hydrogen) atoms. The van der Waals surface area contributed by atoms with Gasteiger partial charge in [0, 0.05) is 18.2 Å². The molecule has 2 aromatic carbocycles. The second-order valence-corrected chi connectivity index (χ2v) is 8.83. The molecule has 2 N–H and O–H groups in total. The lowest BCUT2D eigenvalue weighted by atomic mass is 10.0. The minimum Gasteiger partial charge on any atom is -0.477 e. The molecule has 4 rings (SSSR count). The summed E-state index contributed by atoms with van der Waals surface area (Å²) in [4.78, 5) is 49.2. The van der Waals surface area contributed by atoms with Gasteiger partial charge in [-0.05, 0) is 29.8 Å². The highest BCUT2D eigenvalue weighted by molar-refractivity contribution is 8.00. The molecule has 0 aliphatic carbocycles. The number of ether oxygens (including phenoxy) is 2. The van der Waals surface area contributed by atoms with Gasteiger partial charge in [-0.3, -0.25) is 19.3 Å². The normalized spacial score (nSPS) is 19.1. The van der Waals surface area contributed by atoms with Gasteiger partial charge in [0.25, 0.3) is 5.91 Å². The SMILES string of the molecule is CC(=O)OCC1=C(C(=O)O)N2C(=O)[C@@H](NC(=O)Cc3ccc(Oc4ccccc4)cc3)[C@H]2SC1. The topological polar surface area (TPSA) is 122 Å². The number of nitrogens with one attached hydrogen (secondary N) is 1. The summed E-state index contributed by atoms with van der Waals surface area (Å²) in [6.45, 7) is 1.03.